The molecule has 0 radical (unpaired) electrons. The molecular weight excluding hydrogens is 195 g/mol. The highest BCUT2D eigenvalue weighted by atomic mass is 31.1. The monoisotopic (exact) mass is 220 g/mol. The van der Waals surface area contributed by atoms with E-state index in [0.717, 1.165) is 10.5 Å². The molecule has 0 fully saturated rings. The van der Waals surface area contributed by atoms with Gasteiger partial charge in [-0.15, -0.1) is 7.92 Å². The van der Waals surface area contributed by atoms with Crippen molar-refractivity contribution in [1.29, 1.82) is 0 Å². The largest absolute Gasteiger partial charge is 0.423 e. The number of hydrogen-bond acceptors (Lipinski definition) is 1. The lowest BCUT2D eigenvalue weighted by molar-refractivity contribution is 0.112. The highest BCUT2D eigenvalue weighted by Gasteiger charge is 2.15. The predicted octanol–water partition coefficient (Wildman–Crippen LogP) is 2.36. The fourth-order valence-electron chi connectivity index (χ4n) is 1.37. The molecule has 0 saturated carbocycles. The van der Waals surface area contributed by atoms with E-state index in [0.29, 0.717) is 7.92 Å². The van der Waals surface area contributed by atoms with Crippen LogP contribution in [0.3, 0.4) is 0 Å². The van der Waals surface area contributed by atoms with Crippen LogP contribution in [-0.2, 0) is 4.43 Å². The number of hydrogen-bond donors (Lipinski definition) is 0. The standard InChI is InChI=1S/C10H25OPSi/c1-5-12(6-2)9-7-8-10(3,4)11-13/h5-9H2,1-4,13H3. The molecule has 0 atom stereocenters. The summed E-state index contributed by atoms with van der Waals surface area (Å²) < 4.78 is 5.53. The van der Waals surface area contributed by atoms with Crippen molar-refractivity contribution in [2.75, 3.05) is 18.5 Å². The summed E-state index contributed by atoms with van der Waals surface area (Å²) in [6, 6.07) is 0. The third kappa shape index (κ3) is 6.65. The maximum Gasteiger partial charge on any atom is 0.146 e. The van der Waals surface area contributed by atoms with E-state index in [1.807, 2.05) is 0 Å². The molecule has 0 unspecified atom stereocenters. The minimum atomic E-state index is 0.148. The van der Waals surface area contributed by atoms with Crippen molar-refractivity contribution in [1.82, 2.24) is 0 Å². The molecular formula is C10H25OPSi. The molecule has 0 aliphatic heterocycles. The zero-order valence-electron chi connectivity index (χ0n) is 9.89. The molecule has 3 heteroatoms. The van der Waals surface area contributed by atoms with Gasteiger partial charge in [-0.3, -0.25) is 0 Å². The summed E-state index contributed by atoms with van der Waals surface area (Å²) in [5, 5.41) is 0. The summed E-state index contributed by atoms with van der Waals surface area (Å²) >= 11 is 0. The van der Waals surface area contributed by atoms with Crippen molar-refractivity contribution in [2.45, 2.75) is 46.1 Å². The molecule has 0 amide bonds. The zero-order chi connectivity index (χ0) is 10.3. The molecule has 13 heavy (non-hydrogen) atoms. The van der Waals surface area contributed by atoms with Crippen molar-refractivity contribution in [3.05, 3.63) is 0 Å². The van der Waals surface area contributed by atoms with Crippen molar-refractivity contribution in [2.24, 2.45) is 0 Å². The molecule has 1 nitrogen and oxygen atoms in total. The Balaban J connectivity index is 3.54. The van der Waals surface area contributed by atoms with Gasteiger partial charge in [0.15, 0.2) is 0 Å². The van der Waals surface area contributed by atoms with Crippen LogP contribution in [0.25, 0.3) is 0 Å². The molecule has 0 aliphatic rings. The summed E-state index contributed by atoms with van der Waals surface area (Å²) in [6.45, 7) is 9.06. The minimum Gasteiger partial charge on any atom is -0.423 e. The fraction of sp³-hybridized carbons (Fsp3) is 1.00. The maximum absolute atomic E-state index is 5.53. The summed E-state index contributed by atoms with van der Waals surface area (Å²) in [4.78, 5) is 0. The van der Waals surface area contributed by atoms with Gasteiger partial charge in [-0.1, -0.05) is 13.8 Å². The molecule has 0 rings (SSSR count). The second kappa shape index (κ2) is 6.97. The van der Waals surface area contributed by atoms with Gasteiger partial charge in [0.1, 0.15) is 10.5 Å². The molecule has 0 bridgehead atoms. The van der Waals surface area contributed by atoms with Gasteiger partial charge in [-0.05, 0) is 45.2 Å². The lowest BCUT2D eigenvalue weighted by Gasteiger charge is -2.24. The van der Waals surface area contributed by atoms with Gasteiger partial charge in [-0.25, -0.2) is 0 Å². The SMILES string of the molecule is CCP(CC)CCCC(C)(C)O[SiH3]. The van der Waals surface area contributed by atoms with Crippen molar-refractivity contribution in [3.8, 4) is 0 Å². The Morgan fingerprint density at radius 1 is 1.23 bits per heavy atom. The predicted molar refractivity (Wildman–Crippen MR) is 67.2 cm³/mol. The van der Waals surface area contributed by atoms with Crippen molar-refractivity contribution < 1.29 is 4.43 Å². The molecule has 0 heterocycles. The van der Waals surface area contributed by atoms with Crippen LogP contribution in [0.15, 0.2) is 0 Å². The van der Waals surface area contributed by atoms with E-state index in [1.165, 1.54) is 31.3 Å². The van der Waals surface area contributed by atoms with Crippen LogP contribution in [-0.4, -0.2) is 34.6 Å². The Bertz CT molecular complexity index is 124. The normalized spacial score (nSPS) is 12.7. The van der Waals surface area contributed by atoms with E-state index in [4.69, 9.17) is 4.43 Å². The summed E-state index contributed by atoms with van der Waals surface area (Å²) in [7, 11) is 1.21. The first-order valence-corrected chi connectivity index (χ1v) is 8.04. The van der Waals surface area contributed by atoms with Crippen LogP contribution in [0.4, 0.5) is 0 Å². The van der Waals surface area contributed by atoms with Gasteiger partial charge in [0.2, 0.25) is 0 Å². The zero-order valence-corrected chi connectivity index (χ0v) is 12.8. The molecule has 0 aromatic rings. The minimum absolute atomic E-state index is 0.148. The number of rotatable bonds is 7. The quantitative estimate of drug-likeness (QED) is 0.473. The van der Waals surface area contributed by atoms with E-state index >= 15 is 0 Å². The van der Waals surface area contributed by atoms with E-state index < -0.39 is 0 Å². The molecule has 80 valence electrons. The van der Waals surface area contributed by atoms with E-state index in [-0.39, 0.29) is 5.60 Å². The fourth-order valence-corrected chi connectivity index (χ4v) is 3.26. The Kier molecular flexibility index (Phi) is 7.30. The van der Waals surface area contributed by atoms with Gasteiger partial charge in [0.05, 0.1) is 0 Å². The lowest BCUT2D eigenvalue weighted by Crippen LogP contribution is -2.23. The lowest BCUT2D eigenvalue weighted by atomic mass is 10.0. The molecule has 0 aliphatic carbocycles. The highest BCUT2D eigenvalue weighted by molar-refractivity contribution is 7.57. The van der Waals surface area contributed by atoms with E-state index in [1.54, 1.807) is 0 Å². The smallest absolute Gasteiger partial charge is 0.146 e. The Hall–Kier alpha value is 0.607. The van der Waals surface area contributed by atoms with Crippen molar-refractivity contribution in [3.63, 3.8) is 0 Å². The first kappa shape index (κ1) is 13.6. The summed E-state index contributed by atoms with van der Waals surface area (Å²) in [5.74, 6) is 0. The van der Waals surface area contributed by atoms with E-state index in [9.17, 15) is 0 Å². The molecule has 0 aromatic carbocycles. The van der Waals surface area contributed by atoms with Crippen LogP contribution in [0.1, 0.15) is 40.5 Å². The van der Waals surface area contributed by atoms with Crippen LogP contribution >= 0.6 is 7.92 Å². The average Bonchev–Trinajstić information content (AvgIpc) is 2.12. The Labute approximate surface area is 87.9 Å². The summed E-state index contributed by atoms with van der Waals surface area (Å²) in [5.41, 5.74) is 0.148. The van der Waals surface area contributed by atoms with Gasteiger partial charge in [0, 0.05) is 5.60 Å². The average molecular weight is 220 g/mol. The van der Waals surface area contributed by atoms with Crippen LogP contribution in [0.2, 0.25) is 0 Å². The highest BCUT2D eigenvalue weighted by Crippen LogP contribution is 2.35. The molecule has 0 saturated heterocycles. The first-order chi connectivity index (χ1) is 6.05. The van der Waals surface area contributed by atoms with Crippen LogP contribution in [0, 0.1) is 0 Å². The third-order valence-electron chi connectivity index (χ3n) is 2.70. The van der Waals surface area contributed by atoms with Gasteiger partial charge < -0.3 is 4.43 Å². The topological polar surface area (TPSA) is 9.23 Å². The second-order valence-corrected chi connectivity index (χ2v) is 7.56. The van der Waals surface area contributed by atoms with Gasteiger partial charge in [0.25, 0.3) is 0 Å². The van der Waals surface area contributed by atoms with Gasteiger partial charge >= 0.3 is 0 Å². The molecule has 0 aromatic heterocycles. The Morgan fingerprint density at radius 3 is 2.15 bits per heavy atom. The van der Waals surface area contributed by atoms with Gasteiger partial charge in [-0.2, -0.15) is 0 Å². The summed E-state index contributed by atoms with van der Waals surface area (Å²) in [6.07, 6.45) is 6.82. The van der Waals surface area contributed by atoms with Crippen LogP contribution < -0.4 is 0 Å². The molecule has 0 spiro atoms. The first-order valence-electron chi connectivity index (χ1n) is 5.33. The third-order valence-corrected chi connectivity index (χ3v) is 6.54. The Morgan fingerprint density at radius 2 is 1.77 bits per heavy atom. The second-order valence-electron chi connectivity index (χ2n) is 4.09. The molecule has 0 N–H and O–H groups in total. The maximum atomic E-state index is 5.53. The van der Waals surface area contributed by atoms with E-state index in [2.05, 4.69) is 27.7 Å². The van der Waals surface area contributed by atoms with Crippen LogP contribution in [0.5, 0.6) is 0 Å². The van der Waals surface area contributed by atoms with Crippen molar-refractivity contribution >= 4 is 18.4 Å².